The highest BCUT2D eigenvalue weighted by Gasteiger charge is 2.25. The number of benzene rings is 2. The molecule has 0 bridgehead atoms. The first-order chi connectivity index (χ1) is 14.8. The summed E-state index contributed by atoms with van der Waals surface area (Å²) in [4.78, 5) is 2.23. The van der Waals surface area contributed by atoms with Crippen LogP contribution in [-0.4, -0.2) is 6.54 Å². The maximum atomic E-state index is 6.15. The number of ether oxygens (including phenoxy) is 1. The van der Waals surface area contributed by atoms with Crippen LogP contribution < -0.4 is 14.2 Å². The van der Waals surface area contributed by atoms with Gasteiger partial charge in [0, 0.05) is 18.7 Å². The van der Waals surface area contributed by atoms with E-state index in [9.17, 15) is 0 Å². The minimum absolute atomic E-state index is 0.883. The lowest BCUT2D eigenvalue weighted by molar-refractivity contribution is -0.674. The normalized spacial score (nSPS) is 18.7. The molecule has 30 heavy (non-hydrogen) atoms. The number of aryl methyl sites for hydroxylation is 1. The molecule has 2 heterocycles. The molecule has 4 nitrogen and oxygen atoms in total. The zero-order valence-corrected chi connectivity index (χ0v) is 17.6. The molecule has 1 aliphatic carbocycles. The van der Waals surface area contributed by atoms with Gasteiger partial charge in [0.15, 0.2) is 5.75 Å². The molecule has 0 atom stereocenters. The van der Waals surface area contributed by atoms with Crippen molar-refractivity contribution in [2.24, 2.45) is 0 Å². The van der Waals surface area contributed by atoms with Crippen molar-refractivity contribution in [3.8, 4) is 5.75 Å². The summed E-state index contributed by atoms with van der Waals surface area (Å²) in [7, 11) is 0. The van der Waals surface area contributed by atoms with Crippen LogP contribution in [0.2, 0.25) is 0 Å². The topological polar surface area (TPSA) is 29.5 Å². The van der Waals surface area contributed by atoms with Crippen LogP contribution in [0.1, 0.15) is 39.0 Å². The molecule has 0 spiro atoms. The van der Waals surface area contributed by atoms with Crippen molar-refractivity contribution in [2.75, 3.05) is 11.4 Å². The van der Waals surface area contributed by atoms with Gasteiger partial charge in [0.1, 0.15) is 6.54 Å². The third kappa shape index (κ3) is 3.32. The second-order valence-corrected chi connectivity index (χ2v) is 7.74. The first-order valence-electron chi connectivity index (χ1n) is 10.9. The molecule has 0 fully saturated rings. The van der Waals surface area contributed by atoms with E-state index in [1.807, 2.05) is 24.3 Å². The van der Waals surface area contributed by atoms with Gasteiger partial charge < -0.3 is 14.1 Å². The van der Waals surface area contributed by atoms with Crippen molar-refractivity contribution in [1.82, 2.24) is 0 Å². The molecular formula is C26H27N2O2+. The molecule has 1 aromatic heterocycles. The molecule has 152 valence electrons. The summed E-state index contributed by atoms with van der Waals surface area (Å²) < 4.78 is 14.5. The van der Waals surface area contributed by atoms with E-state index in [-0.39, 0.29) is 0 Å². The highest BCUT2D eigenvalue weighted by molar-refractivity contribution is 5.70. The summed E-state index contributed by atoms with van der Waals surface area (Å²) in [6, 6.07) is 16.5. The Morgan fingerprint density at radius 1 is 1.00 bits per heavy atom. The van der Waals surface area contributed by atoms with Crippen LogP contribution in [0.25, 0.3) is 17.2 Å². The van der Waals surface area contributed by atoms with Gasteiger partial charge in [-0.05, 0) is 62.5 Å². The minimum atomic E-state index is 0.883. The van der Waals surface area contributed by atoms with Gasteiger partial charge in [-0.1, -0.05) is 30.3 Å². The summed E-state index contributed by atoms with van der Waals surface area (Å²) in [6.07, 6.45) is 9.95. The third-order valence-corrected chi connectivity index (χ3v) is 5.83. The molecule has 3 aromatic rings. The van der Waals surface area contributed by atoms with E-state index in [2.05, 4.69) is 65.8 Å². The largest absolute Gasteiger partial charge is 0.439 e. The first kappa shape index (κ1) is 18.7. The number of oxazole rings is 1. The molecule has 0 N–H and O–H groups in total. The Hall–Kier alpha value is -3.27. The number of rotatable bonds is 4. The van der Waals surface area contributed by atoms with Gasteiger partial charge in [-0.3, -0.25) is 0 Å². The fourth-order valence-corrected chi connectivity index (χ4v) is 4.40. The summed E-state index contributed by atoms with van der Waals surface area (Å²) in [6.45, 7) is 6.08. The number of anilines is 1. The second-order valence-electron chi connectivity index (χ2n) is 7.74. The summed E-state index contributed by atoms with van der Waals surface area (Å²) in [5.41, 5.74) is 5.82. The smallest absolute Gasteiger partial charge is 0.374 e. The summed E-state index contributed by atoms with van der Waals surface area (Å²) in [5.74, 6) is 2.76. The van der Waals surface area contributed by atoms with Crippen molar-refractivity contribution in [2.45, 2.75) is 39.7 Å². The average Bonchev–Trinajstić information content (AvgIpc) is 3.30. The summed E-state index contributed by atoms with van der Waals surface area (Å²) >= 11 is 0. The zero-order valence-electron chi connectivity index (χ0n) is 17.6. The predicted octanol–water partition coefficient (Wildman–Crippen LogP) is 5.99. The number of hydrogen-bond donors (Lipinski definition) is 0. The Morgan fingerprint density at radius 3 is 2.70 bits per heavy atom. The van der Waals surface area contributed by atoms with Gasteiger partial charge in [-0.2, -0.15) is 4.57 Å². The van der Waals surface area contributed by atoms with Gasteiger partial charge >= 0.3 is 5.89 Å². The second kappa shape index (κ2) is 7.86. The number of fused-ring (bicyclic) bond motifs is 2. The molecule has 0 amide bonds. The number of aromatic nitrogens is 1. The molecule has 0 saturated carbocycles. The Labute approximate surface area is 177 Å². The molecule has 4 heteroatoms. The fourth-order valence-electron chi connectivity index (χ4n) is 4.40. The van der Waals surface area contributed by atoms with E-state index in [4.69, 9.17) is 9.15 Å². The van der Waals surface area contributed by atoms with Crippen LogP contribution in [0, 0.1) is 0 Å². The number of allylic oxidation sites excluding steroid dienone is 4. The van der Waals surface area contributed by atoms with Crippen molar-refractivity contribution in [3.05, 3.63) is 83.6 Å². The van der Waals surface area contributed by atoms with Gasteiger partial charge in [0.05, 0.1) is 11.8 Å². The monoisotopic (exact) mass is 399 g/mol. The van der Waals surface area contributed by atoms with E-state index in [0.29, 0.717) is 0 Å². The van der Waals surface area contributed by atoms with Crippen LogP contribution >= 0.6 is 0 Å². The number of para-hydroxylation sites is 4. The molecule has 5 rings (SSSR count). The first-order valence-corrected chi connectivity index (χ1v) is 10.9. The van der Waals surface area contributed by atoms with Crippen LogP contribution in [0.15, 0.2) is 82.1 Å². The standard InChI is InChI=1S/C26H27N2O2/c1-3-27-21-12-5-7-14-23(21)29-25(27)17-19-10-9-11-20(16-19)18-26-28(4-2)22-13-6-8-15-24(22)30-26/h5-8,12-18H,3-4,9-11H2,1-2H3/q+1. The Balaban J connectivity index is 1.48. The Kier molecular flexibility index (Phi) is 4.91. The maximum absolute atomic E-state index is 6.15. The lowest BCUT2D eigenvalue weighted by Gasteiger charge is -2.17. The van der Waals surface area contributed by atoms with Crippen molar-refractivity contribution in [3.63, 3.8) is 0 Å². The van der Waals surface area contributed by atoms with Gasteiger partial charge in [-0.25, -0.2) is 0 Å². The van der Waals surface area contributed by atoms with Gasteiger partial charge in [-0.15, -0.1) is 0 Å². The summed E-state index contributed by atoms with van der Waals surface area (Å²) in [5, 5.41) is 0. The SMILES string of the molecule is CCN1C(=CC2=CC(=Cc3oc4ccccc4[n+]3CC)CCC2)Oc2ccccc21. The van der Waals surface area contributed by atoms with E-state index in [0.717, 1.165) is 66.7 Å². The quantitative estimate of drug-likeness (QED) is 0.504. The van der Waals surface area contributed by atoms with E-state index < -0.39 is 0 Å². The molecule has 0 saturated heterocycles. The Bertz CT molecular complexity index is 1180. The molecule has 1 aliphatic heterocycles. The van der Waals surface area contributed by atoms with E-state index in [1.165, 1.54) is 11.1 Å². The molecular weight excluding hydrogens is 372 g/mol. The predicted molar refractivity (Wildman–Crippen MR) is 120 cm³/mol. The highest BCUT2D eigenvalue weighted by Crippen LogP contribution is 2.39. The number of hydrogen-bond acceptors (Lipinski definition) is 3. The number of nitrogens with zero attached hydrogens (tertiary/aromatic N) is 2. The van der Waals surface area contributed by atoms with Crippen molar-refractivity contribution >= 4 is 22.9 Å². The van der Waals surface area contributed by atoms with Crippen LogP contribution in [0.4, 0.5) is 5.69 Å². The average molecular weight is 400 g/mol. The van der Waals surface area contributed by atoms with Crippen molar-refractivity contribution in [1.29, 1.82) is 0 Å². The van der Waals surface area contributed by atoms with E-state index >= 15 is 0 Å². The van der Waals surface area contributed by atoms with Crippen molar-refractivity contribution < 1.29 is 13.7 Å². The highest BCUT2D eigenvalue weighted by atomic mass is 16.5. The maximum Gasteiger partial charge on any atom is 0.374 e. The zero-order chi connectivity index (χ0) is 20.5. The van der Waals surface area contributed by atoms with Crippen LogP contribution in [0.3, 0.4) is 0 Å². The van der Waals surface area contributed by atoms with Crippen LogP contribution in [-0.2, 0) is 6.54 Å². The van der Waals surface area contributed by atoms with Gasteiger partial charge in [0.25, 0.3) is 5.52 Å². The molecule has 2 aromatic carbocycles. The molecule has 0 radical (unpaired) electrons. The fraction of sp³-hybridized carbons (Fsp3) is 0.269. The minimum Gasteiger partial charge on any atom is -0.439 e. The molecule has 2 aliphatic rings. The third-order valence-electron chi connectivity index (χ3n) is 5.83. The van der Waals surface area contributed by atoms with Crippen LogP contribution in [0.5, 0.6) is 5.75 Å². The van der Waals surface area contributed by atoms with E-state index in [1.54, 1.807) is 0 Å². The van der Waals surface area contributed by atoms with Gasteiger partial charge in [0.2, 0.25) is 11.5 Å². The Morgan fingerprint density at radius 2 is 1.83 bits per heavy atom. The lowest BCUT2D eigenvalue weighted by atomic mass is 9.94. The lowest BCUT2D eigenvalue weighted by Crippen LogP contribution is -2.33. The molecule has 0 unspecified atom stereocenters.